The smallest absolute Gasteiger partial charge is 0.497 e. The molecule has 0 aliphatic heterocycles. The molecule has 3 rings (SSSR count). The molecule has 0 aromatic heterocycles. The number of hydrogen-bond donors (Lipinski definition) is 1. The van der Waals surface area contributed by atoms with Crippen molar-refractivity contribution in [1.29, 1.82) is 0 Å². The van der Waals surface area contributed by atoms with Gasteiger partial charge in [-0.05, 0) is 41.0 Å². The first-order valence-electron chi connectivity index (χ1n) is 11.7. The molecular weight excluding hydrogens is 491 g/mol. The Balaban J connectivity index is 2.14. The third-order valence-electron chi connectivity index (χ3n) is 5.97. The molecule has 1 N–H and O–H groups in total. The minimum Gasteiger partial charge on any atom is -0.497 e. The van der Waals surface area contributed by atoms with Gasteiger partial charge >= 0.3 is 8.25 Å². The van der Waals surface area contributed by atoms with E-state index in [4.69, 9.17) is 29.9 Å². The highest BCUT2D eigenvalue weighted by atomic mass is 31.1. The fraction of sp³-hybridized carbons (Fsp3) is 0.310. The summed E-state index contributed by atoms with van der Waals surface area (Å²) in [5, 5.41) is 0. The predicted molar refractivity (Wildman–Crippen MR) is 142 cm³/mol. The van der Waals surface area contributed by atoms with E-state index in [0.29, 0.717) is 11.5 Å². The maximum Gasteiger partial charge on any atom is 0.694 e. The summed E-state index contributed by atoms with van der Waals surface area (Å²) in [5.41, 5.74) is 0.792. The molecule has 0 saturated carbocycles. The van der Waals surface area contributed by atoms with Crippen molar-refractivity contribution in [2.45, 2.75) is 12.5 Å². The molecular formula is C29H32O7P+. The zero-order valence-corrected chi connectivity index (χ0v) is 22.1. The molecule has 0 fully saturated rings. The molecule has 3 aromatic rings. The van der Waals surface area contributed by atoms with Gasteiger partial charge in [0.2, 0.25) is 0 Å². The van der Waals surface area contributed by atoms with E-state index in [0.717, 1.165) is 16.7 Å². The summed E-state index contributed by atoms with van der Waals surface area (Å²) in [5.74, 6) is 3.87. The number of methoxy groups -OCH3 is 2. The Morgan fingerprint density at radius 3 is 1.78 bits per heavy atom. The van der Waals surface area contributed by atoms with Crippen LogP contribution in [0.5, 0.6) is 11.5 Å². The zero-order chi connectivity index (χ0) is 26.7. The van der Waals surface area contributed by atoms with Gasteiger partial charge < -0.3 is 18.9 Å². The molecule has 8 heteroatoms. The monoisotopic (exact) mass is 523 g/mol. The lowest BCUT2D eigenvalue weighted by atomic mass is 9.79. The van der Waals surface area contributed by atoms with Gasteiger partial charge in [-0.2, -0.15) is 0 Å². The van der Waals surface area contributed by atoms with Crippen molar-refractivity contribution in [2.75, 3.05) is 40.6 Å². The molecule has 0 aliphatic carbocycles. The van der Waals surface area contributed by atoms with Crippen LogP contribution in [0.3, 0.4) is 0 Å². The van der Waals surface area contributed by atoms with Gasteiger partial charge in [-0.25, -0.2) is 0 Å². The topological polar surface area (TPSA) is 83.5 Å². The SMILES string of the molecule is C#CCOCC(C)(CO[P+](=O)O)COC(c1ccccc1)(c1ccc(OC)cc1)c1ccc(OC)cc1. The van der Waals surface area contributed by atoms with Crippen LogP contribution < -0.4 is 9.47 Å². The lowest BCUT2D eigenvalue weighted by molar-refractivity contribution is -0.0756. The summed E-state index contributed by atoms with van der Waals surface area (Å²) < 4.78 is 39.7. The molecule has 0 spiro atoms. The lowest BCUT2D eigenvalue weighted by Crippen LogP contribution is -2.40. The van der Waals surface area contributed by atoms with E-state index < -0.39 is 19.3 Å². The fourth-order valence-corrected chi connectivity index (χ4v) is 4.47. The van der Waals surface area contributed by atoms with Crippen molar-refractivity contribution in [3.63, 3.8) is 0 Å². The quantitative estimate of drug-likeness (QED) is 0.132. The first kappa shape index (κ1) is 28.3. The number of rotatable bonds is 14. The van der Waals surface area contributed by atoms with Gasteiger partial charge in [-0.3, -0.25) is 0 Å². The van der Waals surface area contributed by atoms with Crippen LogP contribution in [0, 0.1) is 17.8 Å². The van der Waals surface area contributed by atoms with E-state index in [-0.39, 0.29) is 26.4 Å². The Kier molecular flexibility index (Phi) is 10.2. The summed E-state index contributed by atoms with van der Waals surface area (Å²) >= 11 is 0. The number of hydrogen-bond acceptors (Lipinski definition) is 6. The summed E-state index contributed by atoms with van der Waals surface area (Å²) in [4.78, 5) is 9.30. The molecule has 3 aromatic carbocycles. The molecule has 0 bridgehead atoms. The number of ether oxygens (including phenoxy) is 4. The van der Waals surface area contributed by atoms with Gasteiger partial charge in [0.15, 0.2) is 0 Å². The second kappa shape index (κ2) is 13.3. The van der Waals surface area contributed by atoms with E-state index in [1.807, 2.05) is 85.8 Å². The van der Waals surface area contributed by atoms with Gasteiger partial charge in [0.25, 0.3) is 0 Å². The Labute approximate surface area is 219 Å². The zero-order valence-electron chi connectivity index (χ0n) is 21.3. The Morgan fingerprint density at radius 1 is 0.811 bits per heavy atom. The third kappa shape index (κ3) is 7.17. The average Bonchev–Trinajstić information content (AvgIpc) is 2.94. The summed E-state index contributed by atoms with van der Waals surface area (Å²) in [6.07, 6.45) is 5.35. The Hall–Kier alpha value is -3.24. The van der Waals surface area contributed by atoms with Crippen molar-refractivity contribution < 1.29 is 32.9 Å². The van der Waals surface area contributed by atoms with Crippen molar-refractivity contribution in [1.82, 2.24) is 0 Å². The van der Waals surface area contributed by atoms with Crippen molar-refractivity contribution in [3.05, 3.63) is 95.6 Å². The van der Waals surface area contributed by atoms with Crippen molar-refractivity contribution in [3.8, 4) is 23.8 Å². The van der Waals surface area contributed by atoms with Crippen LogP contribution in [0.2, 0.25) is 0 Å². The van der Waals surface area contributed by atoms with Crippen LogP contribution >= 0.6 is 8.25 Å². The maximum absolute atomic E-state index is 11.4. The summed E-state index contributed by atoms with van der Waals surface area (Å²) in [6.45, 7) is 2.17. The standard InChI is InChI=1S/C29H31O7P/c1-5-19-34-20-28(2,22-36-37(30)31)21-35-29(23-9-7-6-8-10-23,24-11-15-26(32-3)16-12-24)25-13-17-27(33-4)18-14-25/h1,6-18H,19-22H2,2-4H3/p+1. The Bertz CT molecular complexity index is 1130. The molecule has 37 heavy (non-hydrogen) atoms. The minimum atomic E-state index is -2.79. The maximum atomic E-state index is 11.4. The van der Waals surface area contributed by atoms with E-state index in [1.165, 1.54) is 0 Å². The molecule has 194 valence electrons. The fourth-order valence-electron chi connectivity index (χ4n) is 4.05. The molecule has 7 nitrogen and oxygen atoms in total. The Morgan fingerprint density at radius 2 is 1.32 bits per heavy atom. The highest BCUT2D eigenvalue weighted by Crippen LogP contribution is 2.43. The summed E-state index contributed by atoms with van der Waals surface area (Å²) in [7, 11) is 0.442. The average molecular weight is 524 g/mol. The number of terminal acetylenes is 1. The first-order chi connectivity index (χ1) is 17.9. The molecule has 0 heterocycles. The van der Waals surface area contributed by atoms with Gasteiger partial charge in [-0.1, -0.05) is 67.4 Å². The van der Waals surface area contributed by atoms with Crippen LogP contribution in [-0.2, 0) is 24.2 Å². The van der Waals surface area contributed by atoms with Crippen LogP contribution in [-0.4, -0.2) is 45.5 Å². The minimum absolute atomic E-state index is 0.0701. The molecule has 0 radical (unpaired) electrons. The van der Waals surface area contributed by atoms with Crippen LogP contribution in [0.1, 0.15) is 23.6 Å². The van der Waals surface area contributed by atoms with Crippen molar-refractivity contribution >= 4 is 8.25 Å². The highest BCUT2D eigenvalue weighted by molar-refractivity contribution is 7.32. The van der Waals surface area contributed by atoms with Crippen LogP contribution in [0.15, 0.2) is 78.9 Å². The third-order valence-corrected chi connectivity index (χ3v) is 6.32. The van der Waals surface area contributed by atoms with Crippen molar-refractivity contribution in [2.24, 2.45) is 5.41 Å². The molecule has 0 amide bonds. The van der Waals surface area contributed by atoms with E-state index in [1.54, 1.807) is 14.2 Å². The number of benzene rings is 3. The molecule has 0 saturated heterocycles. The normalized spacial score (nSPS) is 13.3. The van der Waals surface area contributed by atoms with E-state index in [2.05, 4.69) is 5.92 Å². The predicted octanol–water partition coefficient (Wildman–Crippen LogP) is 5.33. The summed E-state index contributed by atoms with van der Waals surface area (Å²) in [6, 6.07) is 25.2. The second-order valence-electron chi connectivity index (χ2n) is 8.81. The lowest BCUT2D eigenvalue weighted by Gasteiger charge is -2.39. The highest BCUT2D eigenvalue weighted by Gasteiger charge is 2.41. The molecule has 2 atom stereocenters. The van der Waals surface area contributed by atoms with Gasteiger partial charge in [0, 0.05) is 9.98 Å². The van der Waals surface area contributed by atoms with Gasteiger partial charge in [-0.15, -0.1) is 15.8 Å². The second-order valence-corrected chi connectivity index (χ2v) is 9.55. The van der Waals surface area contributed by atoms with E-state index >= 15 is 0 Å². The molecule has 0 aliphatic rings. The van der Waals surface area contributed by atoms with Crippen LogP contribution in [0.4, 0.5) is 0 Å². The van der Waals surface area contributed by atoms with Crippen LogP contribution in [0.25, 0.3) is 0 Å². The van der Waals surface area contributed by atoms with Gasteiger partial charge in [0.05, 0.1) is 27.4 Å². The van der Waals surface area contributed by atoms with E-state index in [9.17, 15) is 9.46 Å². The largest absolute Gasteiger partial charge is 0.694 e. The first-order valence-corrected chi connectivity index (χ1v) is 12.8. The molecule has 2 unspecified atom stereocenters. The van der Waals surface area contributed by atoms with Gasteiger partial charge in [0.1, 0.15) is 30.3 Å².